The van der Waals surface area contributed by atoms with Crippen LogP contribution in [0.1, 0.15) is 10.4 Å². The third kappa shape index (κ3) is 3.01. The fraction of sp³-hybridized carbons (Fsp3) is 0. The van der Waals surface area contributed by atoms with E-state index in [-0.39, 0.29) is 21.6 Å². The number of nitrogens with zero attached hydrogens (tertiary/aromatic N) is 3. The van der Waals surface area contributed by atoms with E-state index in [1.54, 1.807) is 0 Å². The minimum absolute atomic E-state index is 0.122. The molecule has 20 heavy (non-hydrogen) atoms. The van der Waals surface area contributed by atoms with Gasteiger partial charge in [0, 0.05) is 6.07 Å². The number of hydrogen-bond donors (Lipinski definition) is 1. The highest BCUT2D eigenvalue weighted by molar-refractivity contribution is 6.33. The molecule has 1 heterocycles. The Kier molecular flexibility index (Phi) is 4.11. The number of hydrogen-bond acceptors (Lipinski definition) is 5. The number of para-hydroxylation sites is 1. The van der Waals surface area contributed by atoms with E-state index in [0.29, 0.717) is 0 Å². The highest BCUT2D eigenvalue weighted by Crippen LogP contribution is 2.28. The van der Waals surface area contributed by atoms with E-state index in [4.69, 9.17) is 23.2 Å². The van der Waals surface area contributed by atoms with Crippen LogP contribution >= 0.6 is 23.2 Å². The first kappa shape index (κ1) is 14.2. The maximum absolute atomic E-state index is 12.0. The number of carbonyl (C=O) groups excluding carboxylic acids is 1. The van der Waals surface area contributed by atoms with Gasteiger partial charge in [0.15, 0.2) is 0 Å². The average Bonchev–Trinajstić information content (AvgIpc) is 2.37. The van der Waals surface area contributed by atoms with Gasteiger partial charge in [-0.05, 0) is 12.1 Å². The van der Waals surface area contributed by atoms with Gasteiger partial charge in [0.1, 0.15) is 27.9 Å². The van der Waals surface area contributed by atoms with Gasteiger partial charge in [0.2, 0.25) is 0 Å². The third-order valence-electron chi connectivity index (χ3n) is 2.29. The summed E-state index contributed by atoms with van der Waals surface area (Å²) < 4.78 is 0. The zero-order valence-corrected chi connectivity index (χ0v) is 11.2. The SMILES string of the molecule is O=C(Nc1cc(Cl)ncn1)c1cccc(Cl)c1[N+](=O)[O-]. The van der Waals surface area contributed by atoms with Crippen molar-refractivity contribution in [2.75, 3.05) is 5.32 Å². The molecule has 0 saturated carbocycles. The van der Waals surface area contributed by atoms with Crippen molar-refractivity contribution in [2.45, 2.75) is 0 Å². The van der Waals surface area contributed by atoms with Crippen LogP contribution in [0.5, 0.6) is 0 Å². The van der Waals surface area contributed by atoms with Gasteiger partial charge >= 0.3 is 5.69 Å². The molecule has 0 radical (unpaired) electrons. The van der Waals surface area contributed by atoms with Crippen molar-refractivity contribution in [3.8, 4) is 0 Å². The molecule has 0 spiro atoms. The Hall–Kier alpha value is -2.25. The normalized spacial score (nSPS) is 10.1. The van der Waals surface area contributed by atoms with Crippen LogP contribution in [0.15, 0.2) is 30.6 Å². The van der Waals surface area contributed by atoms with Crippen LogP contribution in [0, 0.1) is 10.1 Å². The minimum Gasteiger partial charge on any atom is -0.306 e. The number of nitro benzene ring substituents is 1. The van der Waals surface area contributed by atoms with E-state index in [0.717, 1.165) is 6.33 Å². The Bertz CT molecular complexity index is 693. The zero-order chi connectivity index (χ0) is 14.7. The predicted molar refractivity (Wildman–Crippen MR) is 73.1 cm³/mol. The highest BCUT2D eigenvalue weighted by atomic mass is 35.5. The van der Waals surface area contributed by atoms with Crippen LogP contribution in [0.3, 0.4) is 0 Å². The fourth-order valence-corrected chi connectivity index (χ4v) is 1.86. The molecule has 0 aliphatic rings. The van der Waals surface area contributed by atoms with E-state index < -0.39 is 16.5 Å². The standard InChI is InChI=1S/C11H6Cl2N4O3/c12-7-3-1-2-6(10(7)17(19)20)11(18)16-9-4-8(13)14-5-15-9/h1-5H,(H,14,15,16,18). The summed E-state index contributed by atoms with van der Waals surface area (Å²) in [6.45, 7) is 0. The quantitative estimate of drug-likeness (QED) is 0.533. The molecule has 1 amide bonds. The van der Waals surface area contributed by atoms with Crippen molar-refractivity contribution in [3.05, 3.63) is 56.4 Å². The molecule has 1 aromatic heterocycles. The van der Waals surface area contributed by atoms with Crippen molar-refractivity contribution in [3.63, 3.8) is 0 Å². The molecule has 0 fully saturated rings. The van der Waals surface area contributed by atoms with E-state index in [1.165, 1.54) is 24.3 Å². The maximum atomic E-state index is 12.0. The largest absolute Gasteiger partial charge is 0.306 e. The second kappa shape index (κ2) is 5.81. The lowest BCUT2D eigenvalue weighted by atomic mass is 10.1. The van der Waals surface area contributed by atoms with Crippen LogP contribution in [0.2, 0.25) is 10.2 Å². The Balaban J connectivity index is 2.35. The van der Waals surface area contributed by atoms with E-state index >= 15 is 0 Å². The number of aromatic nitrogens is 2. The molecule has 2 aromatic rings. The van der Waals surface area contributed by atoms with Gasteiger partial charge in [-0.2, -0.15) is 0 Å². The second-order valence-electron chi connectivity index (χ2n) is 3.57. The van der Waals surface area contributed by atoms with Gasteiger partial charge in [-0.25, -0.2) is 9.97 Å². The Morgan fingerprint density at radius 1 is 1.30 bits per heavy atom. The second-order valence-corrected chi connectivity index (χ2v) is 4.37. The van der Waals surface area contributed by atoms with Gasteiger partial charge in [0.05, 0.1) is 4.92 Å². The van der Waals surface area contributed by atoms with Gasteiger partial charge in [0.25, 0.3) is 5.91 Å². The summed E-state index contributed by atoms with van der Waals surface area (Å²) in [4.78, 5) is 29.7. The van der Waals surface area contributed by atoms with Crippen molar-refractivity contribution < 1.29 is 9.72 Å². The summed E-state index contributed by atoms with van der Waals surface area (Å²) in [5, 5.41) is 13.3. The van der Waals surface area contributed by atoms with Crippen molar-refractivity contribution in [1.82, 2.24) is 9.97 Å². The molecule has 0 atom stereocenters. The Morgan fingerprint density at radius 2 is 2.05 bits per heavy atom. The predicted octanol–water partition coefficient (Wildman–Crippen LogP) is 2.94. The molecule has 0 bridgehead atoms. The molecule has 1 N–H and O–H groups in total. The molecule has 0 aliphatic carbocycles. The molecule has 0 saturated heterocycles. The number of rotatable bonds is 3. The highest BCUT2D eigenvalue weighted by Gasteiger charge is 2.23. The molecule has 0 aliphatic heterocycles. The van der Waals surface area contributed by atoms with E-state index in [2.05, 4.69) is 15.3 Å². The van der Waals surface area contributed by atoms with E-state index in [1.807, 2.05) is 0 Å². The zero-order valence-electron chi connectivity index (χ0n) is 9.71. The van der Waals surface area contributed by atoms with Crippen LogP contribution < -0.4 is 5.32 Å². The van der Waals surface area contributed by atoms with E-state index in [9.17, 15) is 14.9 Å². The molecule has 1 aromatic carbocycles. The monoisotopic (exact) mass is 312 g/mol. The van der Waals surface area contributed by atoms with Crippen LogP contribution in [-0.2, 0) is 0 Å². The van der Waals surface area contributed by atoms with Crippen molar-refractivity contribution in [1.29, 1.82) is 0 Å². The summed E-state index contributed by atoms with van der Waals surface area (Å²) in [6.07, 6.45) is 1.16. The minimum atomic E-state index is -0.718. The smallest absolute Gasteiger partial charge is 0.300 e. The number of anilines is 1. The number of amides is 1. The molecule has 9 heteroatoms. The topological polar surface area (TPSA) is 98.0 Å². The number of benzene rings is 1. The fourth-order valence-electron chi connectivity index (χ4n) is 1.47. The van der Waals surface area contributed by atoms with Gasteiger partial charge in [-0.3, -0.25) is 14.9 Å². The van der Waals surface area contributed by atoms with Gasteiger partial charge in [-0.15, -0.1) is 0 Å². The lowest BCUT2D eigenvalue weighted by Gasteiger charge is -2.05. The summed E-state index contributed by atoms with van der Waals surface area (Å²) in [7, 11) is 0. The lowest BCUT2D eigenvalue weighted by molar-refractivity contribution is -0.385. The number of carbonyl (C=O) groups is 1. The average molecular weight is 313 g/mol. The summed E-state index contributed by atoms with van der Waals surface area (Å²) in [6, 6.07) is 5.38. The number of nitrogens with one attached hydrogen (secondary N) is 1. The molecule has 102 valence electrons. The van der Waals surface area contributed by atoms with Crippen LogP contribution in [-0.4, -0.2) is 20.8 Å². The Labute approximate surface area is 122 Å². The van der Waals surface area contributed by atoms with Gasteiger partial charge in [-0.1, -0.05) is 29.3 Å². The van der Waals surface area contributed by atoms with Crippen molar-refractivity contribution in [2.24, 2.45) is 0 Å². The number of halogens is 2. The Morgan fingerprint density at radius 3 is 2.70 bits per heavy atom. The molecular weight excluding hydrogens is 307 g/mol. The molecule has 7 nitrogen and oxygen atoms in total. The number of nitro groups is 1. The molecule has 0 unspecified atom stereocenters. The first-order valence-electron chi connectivity index (χ1n) is 5.21. The summed E-state index contributed by atoms with van der Waals surface area (Å²) in [5.74, 6) is -0.585. The molecule has 2 rings (SSSR count). The van der Waals surface area contributed by atoms with Crippen LogP contribution in [0.25, 0.3) is 0 Å². The molecular formula is C11H6Cl2N4O3. The lowest BCUT2D eigenvalue weighted by Crippen LogP contribution is -2.15. The maximum Gasteiger partial charge on any atom is 0.300 e. The third-order valence-corrected chi connectivity index (χ3v) is 2.80. The van der Waals surface area contributed by atoms with Crippen LogP contribution in [0.4, 0.5) is 11.5 Å². The van der Waals surface area contributed by atoms with Gasteiger partial charge < -0.3 is 5.32 Å². The summed E-state index contributed by atoms with van der Waals surface area (Å²) >= 11 is 11.4. The first-order chi connectivity index (χ1) is 9.49. The first-order valence-corrected chi connectivity index (χ1v) is 5.96. The van der Waals surface area contributed by atoms with Crippen molar-refractivity contribution >= 4 is 40.6 Å². The summed E-state index contributed by atoms with van der Waals surface area (Å²) in [5.41, 5.74) is -0.635.